The molecule has 1 unspecified atom stereocenters. The predicted molar refractivity (Wildman–Crippen MR) is 70.8 cm³/mol. The second-order valence-corrected chi connectivity index (χ2v) is 5.75. The zero-order valence-corrected chi connectivity index (χ0v) is 10.9. The van der Waals surface area contributed by atoms with Crippen molar-refractivity contribution in [2.45, 2.75) is 45.6 Å². The summed E-state index contributed by atoms with van der Waals surface area (Å²) in [6.07, 6.45) is 3.17. The molecule has 2 heteroatoms. The number of nitrogens with zero attached hydrogens (tertiary/aromatic N) is 1. The van der Waals surface area contributed by atoms with E-state index in [0.29, 0.717) is 0 Å². The van der Waals surface area contributed by atoms with Gasteiger partial charge in [0, 0.05) is 11.1 Å². The van der Waals surface area contributed by atoms with E-state index in [1.54, 1.807) is 0 Å². The van der Waals surface area contributed by atoms with Crippen LogP contribution in [0.3, 0.4) is 0 Å². The third-order valence-corrected chi connectivity index (χ3v) is 4.08. The van der Waals surface area contributed by atoms with Crippen LogP contribution in [0, 0.1) is 23.7 Å². The van der Waals surface area contributed by atoms with Crippen molar-refractivity contribution in [3.8, 4) is 6.07 Å². The number of rotatable bonds is 2. The lowest BCUT2D eigenvalue weighted by atomic mass is 9.75. The summed E-state index contributed by atoms with van der Waals surface area (Å²) in [5, 5.41) is 13.0. The quantitative estimate of drug-likeness (QED) is 0.833. The molecule has 2 rings (SSSR count). The molecule has 1 aliphatic rings. The zero-order chi connectivity index (χ0) is 12.5. The third kappa shape index (κ3) is 2.02. The van der Waals surface area contributed by atoms with Crippen LogP contribution in [0.5, 0.6) is 0 Å². The molecule has 1 saturated carbocycles. The number of anilines is 1. The second kappa shape index (κ2) is 4.07. The van der Waals surface area contributed by atoms with Crippen molar-refractivity contribution in [2.75, 3.05) is 5.32 Å². The van der Waals surface area contributed by atoms with Crippen LogP contribution in [-0.4, -0.2) is 5.54 Å². The van der Waals surface area contributed by atoms with Crippen molar-refractivity contribution in [1.29, 1.82) is 5.26 Å². The lowest BCUT2D eigenvalue weighted by Crippen LogP contribution is -2.45. The first-order chi connectivity index (χ1) is 7.99. The zero-order valence-electron chi connectivity index (χ0n) is 10.9. The van der Waals surface area contributed by atoms with E-state index < -0.39 is 5.54 Å². The Balaban J connectivity index is 2.30. The largest absolute Gasteiger partial charge is 0.367 e. The Morgan fingerprint density at radius 1 is 1.29 bits per heavy atom. The number of hydrogen-bond donors (Lipinski definition) is 1. The van der Waals surface area contributed by atoms with Gasteiger partial charge >= 0.3 is 0 Å². The summed E-state index contributed by atoms with van der Waals surface area (Å²) in [5.41, 5.74) is 1.90. The third-order valence-electron chi connectivity index (χ3n) is 4.08. The molecule has 1 aliphatic carbocycles. The van der Waals surface area contributed by atoms with Crippen LogP contribution in [0.4, 0.5) is 5.69 Å². The summed E-state index contributed by atoms with van der Waals surface area (Å²) in [6.45, 7) is 6.45. The highest BCUT2D eigenvalue weighted by Gasteiger charge is 2.49. The summed E-state index contributed by atoms with van der Waals surface area (Å²) in [5.74, 6) is 0. The van der Waals surface area contributed by atoms with Crippen molar-refractivity contribution in [3.05, 3.63) is 29.8 Å². The van der Waals surface area contributed by atoms with E-state index in [9.17, 15) is 5.26 Å². The fraction of sp³-hybridized carbons (Fsp3) is 0.533. The van der Waals surface area contributed by atoms with Gasteiger partial charge in [-0.15, -0.1) is 0 Å². The molecule has 2 nitrogen and oxygen atoms in total. The van der Waals surface area contributed by atoms with E-state index in [1.165, 1.54) is 5.56 Å². The van der Waals surface area contributed by atoms with Gasteiger partial charge in [0.25, 0.3) is 0 Å². The Morgan fingerprint density at radius 3 is 2.59 bits per heavy atom. The number of aryl methyl sites for hydroxylation is 1. The standard InChI is InChI=1S/C15H20N2/c1-12-6-4-7-13(10-12)17-15(11-16)9-5-8-14(15,2)3/h4,6-7,10,17H,5,8-9H2,1-3H3. The molecule has 0 aromatic heterocycles. The van der Waals surface area contributed by atoms with E-state index in [0.717, 1.165) is 24.9 Å². The van der Waals surface area contributed by atoms with Gasteiger partial charge in [0.15, 0.2) is 0 Å². The van der Waals surface area contributed by atoms with Gasteiger partial charge in [0.1, 0.15) is 5.54 Å². The Labute approximate surface area is 104 Å². The van der Waals surface area contributed by atoms with Crippen molar-refractivity contribution in [1.82, 2.24) is 0 Å². The second-order valence-electron chi connectivity index (χ2n) is 5.75. The van der Waals surface area contributed by atoms with E-state index in [-0.39, 0.29) is 5.41 Å². The van der Waals surface area contributed by atoms with Crippen LogP contribution < -0.4 is 5.32 Å². The molecule has 0 bridgehead atoms. The molecular weight excluding hydrogens is 208 g/mol. The highest BCUT2D eigenvalue weighted by Crippen LogP contribution is 2.47. The Hall–Kier alpha value is -1.49. The van der Waals surface area contributed by atoms with E-state index in [2.05, 4.69) is 44.3 Å². The van der Waals surface area contributed by atoms with Crippen LogP contribution in [0.25, 0.3) is 0 Å². The van der Waals surface area contributed by atoms with Gasteiger partial charge < -0.3 is 5.32 Å². The fourth-order valence-corrected chi connectivity index (χ4v) is 2.78. The molecule has 0 heterocycles. The smallest absolute Gasteiger partial charge is 0.130 e. The normalized spacial score (nSPS) is 26.5. The maximum atomic E-state index is 9.57. The Morgan fingerprint density at radius 2 is 2.06 bits per heavy atom. The number of hydrogen-bond acceptors (Lipinski definition) is 2. The minimum Gasteiger partial charge on any atom is -0.367 e. The molecule has 1 aromatic carbocycles. The highest BCUT2D eigenvalue weighted by molar-refractivity contribution is 5.51. The van der Waals surface area contributed by atoms with Crippen molar-refractivity contribution >= 4 is 5.69 Å². The number of benzene rings is 1. The van der Waals surface area contributed by atoms with E-state index in [4.69, 9.17) is 0 Å². The minimum absolute atomic E-state index is 0.0332. The molecule has 1 atom stereocenters. The summed E-state index contributed by atoms with van der Waals surface area (Å²) < 4.78 is 0. The van der Waals surface area contributed by atoms with Gasteiger partial charge in [-0.25, -0.2) is 0 Å². The maximum Gasteiger partial charge on any atom is 0.130 e. The monoisotopic (exact) mass is 228 g/mol. The summed E-state index contributed by atoms with van der Waals surface area (Å²) >= 11 is 0. The number of nitrogens with one attached hydrogen (secondary N) is 1. The lowest BCUT2D eigenvalue weighted by molar-refractivity contribution is 0.290. The minimum atomic E-state index is -0.416. The van der Waals surface area contributed by atoms with Crippen molar-refractivity contribution < 1.29 is 0 Å². The lowest BCUT2D eigenvalue weighted by Gasteiger charge is -2.37. The van der Waals surface area contributed by atoms with Crippen molar-refractivity contribution in [2.24, 2.45) is 5.41 Å². The SMILES string of the molecule is Cc1cccc(NC2(C#N)CCCC2(C)C)c1. The molecule has 0 aliphatic heterocycles. The summed E-state index contributed by atoms with van der Waals surface area (Å²) in [6, 6.07) is 10.8. The molecule has 1 aromatic rings. The molecule has 0 radical (unpaired) electrons. The Bertz CT molecular complexity index is 456. The average molecular weight is 228 g/mol. The Kier molecular flexibility index (Phi) is 2.87. The molecule has 90 valence electrons. The molecule has 1 N–H and O–H groups in total. The van der Waals surface area contributed by atoms with Crippen molar-refractivity contribution in [3.63, 3.8) is 0 Å². The van der Waals surface area contributed by atoms with Crippen LogP contribution in [0.15, 0.2) is 24.3 Å². The molecule has 17 heavy (non-hydrogen) atoms. The van der Waals surface area contributed by atoms with Gasteiger partial charge in [0.2, 0.25) is 0 Å². The molecule has 0 spiro atoms. The first kappa shape index (κ1) is 12.0. The van der Waals surface area contributed by atoms with Gasteiger partial charge in [-0.1, -0.05) is 26.0 Å². The molecule has 0 amide bonds. The fourth-order valence-electron chi connectivity index (χ4n) is 2.78. The van der Waals surface area contributed by atoms with Crippen LogP contribution in [0.1, 0.15) is 38.7 Å². The summed E-state index contributed by atoms with van der Waals surface area (Å²) in [7, 11) is 0. The van der Waals surface area contributed by atoms with E-state index in [1.807, 2.05) is 12.1 Å². The number of nitriles is 1. The summed E-state index contributed by atoms with van der Waals surface area (Å²) in [4.78, 5) is 0. The van der Waals surface area contributed by atoms with Gasteiger partial charge in [-0.2, -0.15) is 5.26 Å². The topological polar surface area (TPSA) is 35.8 Å². The van der Waals surface area contributed by atoms with Crippen LogP contribution in [-0.2, 0) is 0 Å². The van der Waals surface area contributed by atoms with Crippen LogP contribution in [0.2, 0.25) is 0 Å². The highest BCUT2D eigenvalue weighted by atomic mass is 15.0. The molecule has 0 saturated heterocycles. The first-order valence-electron chi connectivity index (χ1n) is 6.25. The van der Waals surface area contributed by atoms with E-state index >= 15 is 0 Å². The van der Waals surface area contributed by atoms with Gasteiger partial charge in [-0.3, -0.25) is 0 Å². The first-order valence-corrected chi connectivity index (χ1v) is 6.25. The van der Waals surface area contributed by atoms with Crippen LogP contribution >= 0.6 is 0 Å². The maximum absolute atomic E-state index is 9.57. The molecule has 1 fully saturated rings. The predicted octanol–water partition coefficient (Wildman–Crippen LogP) is 3.88. The molecular formula is C15H20N2. The van der Waals surface area contributed by atoms with Gasteiger partial charge in [-0.05, 0) is 43.9 Å². The van der Waals surface area contributed by atoms with Gasteiger partial charge in [0.05, 0.1) is 6.07 Å². The average Bonchev–Trinajstić information content (AvgIpc) is 2.55.